The maximum absolute atomic E-state index is 5.15. The van der Waals surface area contributed by atoms with Crippen molar-refractivity contribution in [2.45, 2.75) is 6.92 Å². The minimum Gasteiger partial charge on any atom is -0.292 e. The van der Waals surface area contributed by atoms with Gasteiger partial charge in [-0.2, -0.15) is 5.10 Å². The maximum Gasteiger partial charge on any atom is 0.239 e. The molecule has 0 saturated carbocycles. The van der Waals surface area contributed by atoms with Gasteiger partial charge < -0.3 is 0 Å². The molecule has 8 heteroatoms. The molecule has 2 aromatic carbocycles. The molecule has 0 spiro atoms. The van der Waals surface area contributed by atoms with Crippen molar-refractivity contribution in [2.75, 3.05) is 18.0 Å². The number of para-hydroxylation sites is 1. The predicted octanol–water partition coefficient (Wildman–Crippen LogP) is 3.56. The number of pyridine rings is 1. The van der Waals surface area contributed by atoms with E-state index in [4.69, 9.17) is 15.1 Å². The summed E-state index contributed by atoms with van der Waals surface area (Å²) in [6.45, 7) is 3.52. The Labute approximate surface area is 183 Å². The largest absolute Gasteiger partial charge is 0.292 e. The van der Waals surface area contributed by atoms with E-state index in [2.05, 4.69) is 21.2 Å². The van der Waals surface area contributed by atoms with E-state index in [0.29, 0.717) is 0 Å². The zero-order valence-corrected chi connectivity index (χ0v) is 17.3. The lowest BCUT2D eigenvalue weighted by molar-refractivity contribution is 0.866. The number of fused-ring (bicyclic) bond motifs is 7. The van der Waals surface area contributed by atoms with E-state index in [9.17, 15) is 0 Å². The van der Waals surface area contributed by atoms with Gasteiger partial charge in [0.25, 0.3) is 0 Å². The van der Waals surface area contributed by atoms with Crippen LogP contribution in [0, 0.1) is 6.92 Å². The van der Waals surface area contributed by atoms with Crippen molar-refractivity contribution >= 4 is 22.8 Å². The van der Waals surface area contributed by atoms with Crippen LogP contribution in [-0.4, -0.2) is 48.5 Å². The van der Waals surface area contributed by atoms with Crippen LogP contribution in [0.15, 0.2) is 71.7 Å². The van der Waals surface area contributed by atoms with Gasteiger partial charge in [-0.15, -0.1) is 10.2 Å². The van der Waals surface area contributed by atoms with Gasteiger partial charge in [0.05, 0.1) is 23.5 Å². The molecule has 0 aliphatic carbocycles. The summed E-state index contributed by atoms with van der Waals surface area (Å²) < 4.78 is 3.95. The van der Waals surface area contributed by atoms with Gasteiger partial charge in [0, 0.05) is 17.5 Å². The lowest BCUT2D eigenvalue weighted by atomic mass is 10.1. The van der Waals surface area contributed by atoms with Crippen LogP contribution in [0.2, 0.25) is 0 Å². The fourth-order valence-electron chi connectivity index (χ4n) is 4.55. The number of rotatable bonds is 2. The monoisotopic (exact) mass is 418 g/mol. The van der Waals surface area contributed by atoms with Crippen molar-refractivity contribution in [3.05, 3.63) is 78.0 Å². The second-order valence-corrected chi connectivity index (χ2v) is 7.95. The average Bonchev–Trinajstić information content (AvgIpc) is 3.57. The Balaban J connectivity index is 1.56. The van der Waals surface area contributed by atoms with Crippen LogP contribution >= 0.6 is 0 Å². The van der Waals surface area contributed by atoms with Gasteiger partial charge in [0.15, 0.2) is 17.3 Å². The predicted molar refractivity (Wildman–Crippen MR) is 123 cm³/mol. The van der Waals surface area contributed by atoms with E-state index >= 15 is 0 Å². The lowest BCUT2D eigenvalue weighted by Crippen LogP contribution is -2.35. The van der Waals surface area contributed by atoms with Crippen LogP contribution in [-0.2, 0) is 0 Å². The van der Waals surface area contributed by atoms with E-state index in [1.54, 1.807) is 0 Å². The van der Waals surface area contributed by atoms with Crippen molar-refractivity contribution in [3.8, 4) is 22.9 Å². The fraction of sp³-hybridized carbons (Fsp3) is 0.125. The molecule has 0 N–H and O–H groups in total. The summed E-state index contributed by atoms with van der Waals surface area (Å²) in [6, 6.07) is 22.4. The van der Waals surface area contributed by atoms with E-state index in [0.717, 1.165) is 70.1 Å². The number of aliphatic imine (C=N–C) groups is 1. The molecule has 7 rings (SSSR count). The van der Waals surface area contributed by atoms with Crippen LogP contribution in [0.1, 0.15) is 11.3 Å². The molecule has 0 atom stereocenters. The molecule has 0 saturated heterocycles. The number of nitrogens with zero attached hydrogens (tertiary/aromatic N) is 8. The van der Waals surface area contributed by atoms with Gasteiger partial charge in [0.1, 0.15) is 5.84 Å². The molecule has 0 bridgehead atoms. The molecule has 0 amide bonds. The van der Waals surface area contributed by atoms with Gasteiger partial charge in [0.2, 0.25) is 5.95 Å². The zero-order valence-electron chi connectivity index (χ0n) is 17.3. The quantitative estimate of drug-likeness (QED) is 0.438. The summed E-state index contributed by atoms with van der Waals surface area (Å²) in [6.07, 6.45) is 0. The highest BCUT2D eigenvalue weighted by Crippen LogP contribution is 2.36. The third-order valence-electron chi connectivity index (χ3n) is 6.04. The molecule has 0 radical (unpaired) electrons. The number of aromatic nitrogens is 6. The van der Waals surface area contributed by atoms with E-state index in [1.807, 2.05) is 76.8 Å². The first-order valence-corrected chi connectivity index (χ1v) is 10.6. The van der Waals surface area contributed by atoms with Crippen LogP contribution < -0.4 is 4.90 Å². The molecule has 0 fully saturated rings. The number of aryl methyl sites for hydroxylation is 1. The topological polar surface area (TPSA) is 77.0 Å². The second kappa shape index (κ2) is 6.34. The van der Waals surface area contributed by atoms with E-state index in [-0.39, 0.29) is 0 Å². The number of anilines is 1. The summed E-state index contributed by atoms with van der Waals surface area (Å²) >= 11 is 0. The van der Waals surface area contributed by atoms with Crippen LogP contribution in [0.3, 0.4) is 0 Å². The SMILES string of the molecule is Cc1nn(-c2ccccc2)c2nc3c(cc12)C1=NCCN1c1nnc(-c2ccccc2)n1-3. The summed E-state index contributed by atoms with van der Waals surface area (Å²) in [5.41, 5.74) is 4.68. The van der Waals surface area contributed by atoms with Crippen molar-refractivity contribution in [2.24, 2.45) is 4.99 Å². The third kappa shape index (κ3) is 2.29. The summed E-state index contributed by atoms with van der Waals surface area (Å²) in [5.74, 6) is 3.20. The Morgan fingerprint density at radius 3 is 2.50 bits per heavy atom. The highest BCUT2D eigenvalue weighted by Gasteiger charge is 2.36. The second-order valence-electron chi connectivity index (χ2n) is 7.95. The van der Waals surface area contributed by atoms with Crippen molar-refractivity contribution in [1.29, 1.82) is 0 Å². The lowest BCUT2D eigenvalue weighted by Gasteiger charge is -2.27. The Morgan fingerprint density at radius 2 is 1.69 bits per heavy atom. The maximum atomic E-state index is 5.15. The van der Waals surface area contributed by atoms with Crippen LogP contribution in [0.25, 0.3) is 33.9 Å². The van der Waals surface area contributed by atoms with Gasteiger partial charge in [-0.3, -0.25) is 9.89 Å². The van der Waals surface area contributed by atoms with Crippen molar-refractivity contribution < 1.29 is 0 Å². The van der Waals surface area contributed by atoms with Gasteiger partial charge in [-0.25, -0.2) is 14.2 Å². The Hall–Kier alpha value is -4.33. The van der Waals surface area contributed by atoms with Crippen molar-refractivity contribution in [1.82, 2.24) is 29.5 Å². The molecule has 3 aromatic heterocycles. The molecular weight excluding hydrogens is 400 g/mol. The number of amidine groups is 1. The van der Waals surface area contributed by atoms with E-state index < -0.39 is 0 Å². The Bertz CT molecular complexity index is 1530. The molecule has 5 heterocycles. The van der Waals surface area contributed by atoms with Crippen LogP contribution in [0.5, 0.6) is 0 Å². The molecule has 154 valence electrons. The van der Waals surface area contributed by atoms with Crippen LogP contribution in [0.4, 0.5) is 5.95 Å². The fourth-order valence-corrected chi connectivity index (χ4v) is 4.55. The first-order valence-electron chi connectivity index (χ1n) is 10.6. The standard InChI is InChI=1S/C24H18N8/c1-15-18-14-19-21-25-12-13-30(21)24-28-27-20(16-8-4-2-5-9-16)31(24)22(19)26-23(18)32(29-15)17-10-6-3-7-11-17/h2-11,14H,12-13H2,1H3. The minimum absolute atomic E-state index is 0.725. The molecule has 32 heavy (non-hydrogen) atoms. The minimum atomic E-state index is 0.725. The average molecular weight is 418 g/mol. The van der Waals surface area contributed by atoms with Gasteiger partial charge >= 0.3 is 0 Å². The molecule has 2 aliphatic heterocycles. The normalized spacial score (nSPS) is 14.3. The van der Waals surface area contributed by atoms with E-state index in [1.165, 1.54) is 0 Å². The molecule has 2 aliphatic rings. The van der Waals surface area contributed by atoms with Gasteiger partial charge in [-0.1, -0.05) is 48.5 Å². The number of benzene rings is 2. The Morgan fingerprint density at radius 1 is 0.906 bits per heavy atom. The zero-order chi connectivity index (χ0) is 21.2. The summed E-state index contributed by atoms with van der Waals surface area (Å²) in [5, 5.41) is 14.9. The highest BCUT2D eigenvalue weighted by atomic mass is 15.5. The van der Waals surface area contributed by atoms with Crippen molar-refractivity contribution in [3.63, 3.8) is 0 Å². The smallest absolute Gasteiger partial charge is 0.239 e. The molecule has 8 nitrogen and oxygen atoms in total. The summed E-state index contributed by atoms with van der Waals surface area (Å²) in [7, 11) is 0. The number of hydrogen-bond acceptors (Lipinski definition) is 6. The first-order chi connectivity index (χ1) is 15.8. The molecule has 5 aromatic rings. The number of hydrogen-bond donors (Lipinski definition) is 0. The molecule has 0 unspecified atom stereocenters. The molecular formula is C24H18N8. The Kier molecular flexibility index (Phi) is 3.44. The highest BCUT2D eigenvalue weighted by molar-refractivity contribution is 6.15. The van der Waals surface area contributed by atoms with Gasteiger partial charge in [-0.05, 0) is 25.1 Å². The third-order valence-corrected chi connectivity index (χ3v) is 6.04. The summed E-state index contributed by atoms with van der Waals surface area (Å²) in [4.78, 5) is 12.1. The first kappa shape index (κ1) is 17.4.